The van der Waals surface area contributed by atoms with Crippen LogP contribution < -0.4 is 0 Å². The minimum absolute atomic E-state index is 0.0263. The molecule has 32 heavy (non-hydrogen) atoms. The Bertz CT molecular complexity index is 1170. The molecule has 3 aromatic rings. The summed E-state index contributed by atoms with van der Waals surface area (Å²) in [5.41, 5.74) is 0.305. The molecule has 0 aliphatic carbocycles. The molecule has 0 N–H and O–H groups in total. The van der Waals surface area contributed by atoms with E-state index in [2.05, 4.69) is 20.2 Å². The van der Waals surface area contributed by atoms with Gasteiger partial charge in [0.1, 0.15) is 17.5 Å². The molecule has 1 aromatic carbocycles. The van der Waals surface area contributed by atoms with E-state index in [0.717, 1.165) is 16.4 Å². The van der Waals surface area contributed by atoms with Gasteiger partial charge in [-0.3, -0.25) is 0 Å². The van der Waals surface area contributed by atoms with Gasteiger partial charge in [0, 0.05) is 44.4 Å². The van der Waals surface area contributed by atoms with E-state index in [9.17, 15) is 26.0 Å². The van der Waals surface area contributed by atoms with Crippen molar-refractivity contribution in [1.82, 2.24) is 24.5 Å². The molecule has 0 radical (unpaired) electrons. The average Bonchev–Trinajstić information content (AvgIpc) is 3.24. The Kier molecular flexibility index (Phi) is 7.19. The Balaban J connectivity index is 1.86. The Morgan fingerprint density at radius 2 is 1.81 bits per heavy atom. The third-order valence-corrected chi connectivity index (χ3v) is 6.56. The zero-order valence-corrected chi connectivity index (χ0v) is 17.9. The predicted molar refractivity (Wildman–Crippen MR) is 105 cm³/mol. The normalized spacial score (nSPS) is 13.1. The van der Waals surface area contributed by atoms with E-state index in [1.165, 1.54) is 32.4 Å². The smallest absolute Gasteiger partial charge is 0.314 e. The van der Waals surface area contributed by atoms with Crippen molar-refractivity contribution in [3.05, 3.63) is 59.5 Å². The molecule has 1 atom stereocenters. The molecule has 2 heterocycles. The van der Waals surface area contributed by atoms with Crippen molar-refractivity contribution in [2.24, 2.45) is 0 Å². The second-order valence-electron chi connectivity index (χ2n) is 6.88. The summed E-state index contributed by atoms with van der Waals surface area (Å²) in [5, 5.41) is 6.73. The topological polar surface area (TPSA) is 102 Å². The molecule has 1 unspecified atom stereocenters. The molecule has 0 saturated heterocycles. The Morgan fingerprint density at radius 1 is 1.12 bits per heavy atom. The molecule has 0 saturated carbocycles. The van der Waals surface area contributed by atoms with E-state index in [0.29, 0.717) is 0 Å². The number of likely N-dealkylation sites (N-methyl/N-ethyl adjacent to an activating group) is 1. The number of hydrogen-bond acceptors (Lipinski definition) is 7. The highest BCUT2D eigenvalue weighted by Gasteiger charge is 2.25. The van der Waals surface area contributed by atoms with E-state index in [1.54, 1.807) is 0 Å². The lowest BCUT2D eigenvalue weighted by molar-refractivity contribution is 0.116. The molecule has 0 aliphatic rings. The SMILES string of the molecule is CCS(=O)(=O)N(C)CC(Cc1ncc(-c2nnc(C(F)F)o2)cn1)c1ccc(F)cc1F. The van der Waals surface area contributed by atoms with E-state index in [-0.39, 0.29) is 41.6 Å². The maximum atomic E-state index is 14.4. The molecule has 2 aromatic heterocycles. The number of sulfonamides is 1. The van der Waals surface area contributed by atoms with Gasteiger partial charge >= 0.3 is 6.43 Å². The van der Waals surface area contributed by atoms with Crippen molar-refractivity contribution in [1.29, 1.82) is 0 Å². The lowest BCUT2D eigenvalue weighted by Gasteiger charge is -2.24. The van der Waals surface area contributed by atoms with Gasteiger partial charge in [-0.05, 0) is 18.6 Å². The molecule has 0 spiro atoms. The van der Waals surface area contributed by atoms with E-state index in [4.69, 9.17) is 4.42 Å². The quantitative estimate of drug-likeness (QED) is 0.439. The van der Waals surface area contributed by atoms with Crippen LogP contribution in [-0.4, -0.2) is 52.2 Å². The summed E-state index contributed by atoms with van der Waals surface area (Å²) in [6.07, 6.45) is -0.344. The number of hydrogen-bond donors (Lipinski definition) is 0. The molecule has 3 rings (SSSR count). The van der Waals surface area contributed by atoms with Crippen LogP contribution in [0.15, 0.2) is 35.0 Å². The molecule has 0 amide bonds. The van der Waals surface area contributed by atoms with Crippen molar-refractivity contribution in [3.8, 4) is 11.5 Å². The molecular weight excluding hydrogens is 454 g/mol. The second-order valence-corrected chi connectivity index (χ2v) is 9.25. The van der Waals surface area contributed by atoms with Crippen LogP contribution in [-0.2, 0) is 16.4 Å². The maximum Gasteiger partial charge on any atom is 0.314 e. The summed E-state index contributed by atoms with van der Waals surface area (Å²) in [4.78, 5) is 8.24. The van der Waals surface area contributed by atoms with Crippen LogP contribution in [0.2, 0.25) is 0 Å². The summed E-state index contributed by atoms with van der Waals surface area (Å²) in [6.45, 7) is 1.39. The van der Waals surface area contributed by atoms with Crippen LogP contribution in [0.1, 0.15) is 36.5 Å². The largest absolute Gasteiger partial charge is 0.415 e. The van der Waals surface area contributed by atoms with Crippen molar-refractivity contribution < 1.29 is 30.4 Å². The minimum Gasteiger partial charge on any atom is -0.415 e. The molecule has 172 valence electrons. The highest BCUT2D eigenvalue weighted by atomic mass is 32.2. The van der Waals surface area contributed by atoms with Gasteiger partial charge in [0.05, 0.1) is 11.3 Å². The van der Waals surface area contributed by atoms with Crippen LogP contribution in [0, 0.1) is 11.6 Å². The Hall–Kier alpha value is -2.93. The fourth-order valence-corrected chi connectivity index (χ4v) is 3.83. The highest BCUT2D eigenvalue weighted by Crippen LogP contribution is 2.26. The predicted octanol–water partition coefficient (Wildman–Crippen LogP) is 3.35. The van der Waals surface area contributed by atoms with Gasteiger partial charge in [-0.25, -0.2) is 31.5 Å². The first-order chi connectivity index (χ1) is 15.1. The lowest BCUT2D eigenvalue weighted by atomic mass is 9.94. The first-order valence-corrected chi connectivity index (χ1v) is 11.0. The summed E-state index contributed by atoms with van der Waals surface area (Å²) in [5.74, 6) is -3.25. The van der Waals surface area contributed by atoms with Gasteiger partial charge < -0.3 is 4.42 Å². The fourth-order valence-electron chi connectivity index (χ4n) is 2.98. The molecule has 0 bridgehead atoms. The van der Waals surface area contributed by atoms with Gasteiger partial charge in [-0.15, -0.1) is 10.2 Å². The molecule has 0 fully saturated rings. The number of halogens is 4. The van der Waals surface area contributed by atoms with Gasteiger partial charge in [0.25, 0.3) is 11.8 Å². The van der Waals surface area contributed by atoms with Crippen molar-refractivity contribution in [3.63, 3.8) is 0 Å². The zero-order chi connectivity index (χ0) is 23.5. The number of nitrogens with zero attached hydrogens (tertiary/aromatic N) is 5. The van der Waals surface area contributed by atoms with E-state index in [1.807, 2.05) is 0 Å². The van der Waals surface area contributed by atoms with Gasteiger partial charge in [0.15, 0.2) is 0 Å². The van der Waals surface area contributed by atoms with Crippen LogP contribution >= 0.6 is 0 Å². The van der Waals surface area contributed by atoms with Crippen molar-refractivity contribution >= 4 is 10.0 Å². The van der Waals surface area contributed by atoms with Crippen LogP contribution in [0.5, 0.6) is 0 Å². The molecular formula is C19H19F4N5O3S. The maximum absolute atomic E-state index is 14.4. The standard InChI is InChI=1S/C19H19F4N5O3S/c1-3-32(29,30)28(2)10-11(14-5-4-13(20)7-15(14)21)6-16-24-8-12(9-25-16)18-26-27-19(31-18)17(22)23/h4-5,7-9,11,17H,3,6,10H2,1-2H3. The van der Waals surface area contributed by atoms with Crippen molar-refractivity contribution in [2.75, 3.05) is 19.3 Å². The average molecular weight is 473 g/mol. The Morgan fingerprint density at radius 3 is 2.38 bits per heavy atom. The van der Waals surface area contributed by atoms with E-state index >= 15 is 0 Å². The first kappa shape index (κ1) is 23.7. The van der Waals surface area contributed by atoms with E-state index < -0.39 is 39.9 Å². The minimum atomic E-state index is -3.55. The third kappa shape index (κ3) is 5.46. The molecule has 13 heteroatoms. The first-order valence-electron chi connectivity index (χ1n) is 9.42. The second kappa shape index (κ2) is 9.69. The van der Waals surface area contributed by atoms with Crippen LogP contribution in [0.4, 0.5) is 17.6 Å². The number of benzene rings is 1. The van der Waals surface area contributed by atoms with Crippen LogP contribution in [0.3, 0.4) is 0 Å². The summed E-state index contributed by atoms with van der Waals surface area (Å²) in [7, 11) is -2.19. The van der Waals surface area contributed by atoms with Crippen LogP contribution in [0.25, 0.3) is 11.5 Å². The van der Waals surface area contributed by atoms with Gasteiger partial charge in [-0.2, -0.15) is 8.78 Å². The van der Waals surface area contributed by atoms with Gasteiger partial charge in [0.2, 0.25) is 10.0 Å². The number of alkyl halides is 2. The fraction of sp³-hybridized carbons (Fsp3) is 0.368. The molecule has 0 aliphatic heterocycles. The zero-order valence-electron chi connectivity index (χ0n) is 17.0. The third-order valence-electron chi connectivity index (χ3n) is 4.73. The summed E-state index contributed by atoms with van der Waals surface area (Å²) < 4.78 is 83.3. The molecule has 8 nitrogen and oxygen atoms in total. The monoisotopic (exact) mass is 473 g/mol. The van der Waals surface area contributed by atoms with Crippen molar-refractivity contribution in [2.45, 2.75) is 25.7 Å². The lowest BCUT2D eigenvalue weighted by Crippen LogP contribution is -2.33. The summed E-state index contributed by atoms with van der Waals surface area (Å²) in [6, 6.07) is 3.05. The Labute approximate surface area is 181 Å². The number of rotatable bonds is 9. The van der Waals surface area contributed by atoms with Gasteiger partial charge in [-0.1, -0.05) is 6.07 Å². The highest BCUT2D eigenvalue weighted by molar-refractivity contribution is 7.89. The number of aromatic nitrogens is 4. The summed E-state index contributed by atoms with van der Waals surface area (Å²) >= 11 is 0.